The minimum absolute atomic E-state index is 0.0308. The Labute approximate surface area is 165 Å². The predicted molar refractivity (Wildman–Crippen MR) is 110 cm³/mol. The molecule has 0 fully saturated rings. The van der Waals surface area contributed by atoms with Gasteiger partial charge >= 0.3 is 0 Å². The topological polar surface area (TPSA) is 55.4 Å². The molecular formula is C24H23NO3. The van der Waals surface area contributed by atoms with E-state index < -0.39 is 0 Å². The molecule has 142 valence electrons. The summed E-state index contributed by atoms with van der Waals surface area (Å²) in [4.78, 5) is 24.4. The Kier molecular flexibility index (Phi) is 6.22. The van der Waals surface area contributed by atoms with Crippen molar-refractivity contribution in [3.63, 3.8) is 0 Å². The molecule has 0 heterocycles. The predicted octanol–water partition coefficient (Wildman–Crippen LogP) is 4.59. The van der Waals surface area contributed by atoms with E-state index in [9.17, 15) is 9.59 Å². The quantitative estimate of drug-likeness (QED) is 0.616. The third kappa shape index (κ3) is 4.29. The second-order valence-corrected chi connectivity index (χ2v) is 6.61. The minimum atomic E-state index is -0.272. The van der Waals surface area contributed by atoms with Crippen LogP contribution in [0.3, 0.4) is 0 Å². The highest BCUT2D eigenvalue weighted by Gasteiger charge is 2.22. The van der Waals surface area contributed by atoms with Gasteiger partial charge in [0.2, 0.25) is 0 Å². The maximum absolute atomic E-state index is 12.9. The van der Waals surface area contributed by atoms with E-state index in [0.717, 1.165) is 23.0 Å². The van der Waals surface area contributed by atoms with Crippen molar-refractivity contribution in [3.05, 3.63) is 101 Å². The monoisotopic (exact) mass is 373 g/mol. The lowest BCUT2D eigenvalue weighted by molar-refractivity contribution is 0.0947. The lowest BCUT2D eigenvalue weighted by Gasteiger charge is -2.19. The molecule has 4 nitrogen and oxygen atoms in total. The molecule has 0 saturated carbocycles. The van der Waals surface area contributed by atoms with Gasteiger partial charge in [-0.1, -0.05) is 67.6 Å². The summed E-state index contributed by atoms with van der Waals surface area (Å²) in [6.07, 6.45) is 0.759. The number of aldehydes is 1. The number of carbonyl (C=O) groups excluding carboxylic acids is 2. The van der Waals surface area contributed by atoms with Crippen molar-refractivity contribution in [2.75, 3.05) is 7.11 Å². The second-order valence-electron chi connectivity index (χ2n) is 6.61. The van der Waals surface area contributed by atoms with Gasteiger partial charge < -0.3 is 10.1 Å². The molecule has 0 radical (unpaired) electrons. The molecular weight excluding hydrogens is 350 g/mol. The van der Waals surface area contributed by atoms with Crippen molar-refractivity contribution in [2.45, 2.75) is 19.4 Å². The molecule has 28 heavy (non-hydrogen) atoms. The van der Waals surface area contributed by atoms with Gasteiger partial charge in [-0.05, 0) is 23.3 Å². The van der Waals surface area contributed by atoms with Crippen LogP contribution in [0, 0.1) is 0 Å². The van der Waals surface area contributed by atoms with Gasteiger partial charge in [0.05, 0.1) is 12.7 Å². The lowest BCUT2D eigenvalue weighted by atomic mass is 9.89. The van der Waals surface area contributed by atoms with E-state index in [-0.39, 0.29) is 11.8 Å². The fourth-order valence-corrected chi connectivity index (χ4v) is 3.26. The number of rotatable bonds is 7. The van der Waals surface area contributed by atoms with Crippen LogP contribution in [-0.2, 0) is 6.54 Å². The minimum Gasteiger partial charge on any atom is -0.496 e. The summed E-state index contributed by atoms with van der Waals surface area (Å²) in [5, 5.41) is 2.91. The van der Waals surface area contributed by atoms with Crippen molar-refractivity contribution in [3.8, 4) is 5.75 Å². The second kappa shape index (κ2) is 9.00. The smallest absolute Gasteiger partial charge is 0.255 e. The molecule has 0 aromatic heterocycles. The van der Waals surface area contributed by atoms with Crippen molar-refractivity contribution in [1.82, 2.24) is 5.32 Å². The number of methoxy groups -OCH3 is 1. The summed E-state index contributed by atoms with van der Waals surface area (Å²) in [6.45, 7) is 2.44. The van der Waals surface area contributed by atoms with Gasteiger partial charge in [0.1, 0.15) is 12.0 Å². The normalized spacial score (nSPS) is 11.5. The van der Waals surface area contributed by atoms with Crippen LogP contribution in [0.25, 0.3) is 0 Å². The SMILES string of the molecule is COc1c(C(=O)NCc2ccccc2)cc(C=O)cc1C(C)c1ccccc1. The number of amides is 1. The molecule has 1 atom stereocenters. The van der Waals surface area contributed by atoms with Crippen LogP contribution in [0.2, 0.25) is 0 Å². The van der Waals surface area contributed by atoms with Crippen LogP contribution >= 0.6 is 0 Å². The van der Waals surface area contributed by atoms with E-state index in [1.54, 1.807) is 19.2 Å². The Morgan fingerprint density at radius 2 is 1.68 bits per heavy atom. The first-order valence-corrected chi connectivity index (χ1v) is 9.18. The summed E-state index contributed by atoms with van der Waals surface area (Å²) in [7, 11) is 1.55. The van der Waals surface area contributed by atoms with Crippen LogP contribution in [0.5, 0.6) is 5.75 Å². The maximum Gasteiger partial charge on any atom is 0.255 e. The van der Waals surface area contributed by atoms with Gasteiger partial charge in [-0.25, -0.2) is 0 Å². The van der Waals surface area contributed by atoms with Crippen LogP contribution in [0.4, 0.5) is 0 Å². The van der Waals surface area contributed by atoms with Crippen LogP contribution in [0.15, 0.2) is 72.8 Å². The third-order valence-corrected chi connectivity index (χ3v) is 4.79. The first kappa shape index (κ1) is 19.4. The van der Waals surface area contributed by atoms with Gasteiger partial charge in [0.15, 0.2) is 0 Å². The van der Waals surface area contributed by atoms with Crippen molar-refractivity contribution in [2.24, 2.45) is 0 Å². The zero-order valence-corrected chi connectivity index (χ0v) is 16.0. The van der Waals surface area contributed by atoms with Gasteiger partial charge in [-0.2, -0.15) is 0 Å². The largest absolute Gasteiger partial charge is 0.496 e. The summed E-state index contributed by atoms with van der Waals surface area (Å²) < 4.78 is 5.62. The van der Waals surface area contributed by atoms with Crippen molar-refractivity contribution in [1.29, 1.82) is 0 Å². The van der Waals surface area contributed by atoms with Crippen LogP contribution < -0.4 is 10.1 Å². The Hall–Kier alpha value is -3.40. The van der Waals surface area contributed by atoms with Crippen LogP contribution in [0.1, 0.15) is 50.2 Å². The van der Waals surface area contributed by atoms with Gasteiger partial charge in [0, 0.05) is 23.6 Å². The highest BCUT2D eigenvalue weighted by atomic mass is 16.5. The Morgan fingerprint density at radius 1 is 1.04 bits per heavy atom. The van der Waals surface area contributed by atoms with Gasteiger partial charge in [0.25, 0.3) is 5.91 Å². The average molecular weight is 373 g/mol. The van der Waals surface area contributed by atoms with Crippen LogP contribution in [-0.4, -0.2) is 19.3 Å². The Bertz CT molecular complexity index is 952. The third-order valence-electron chi connectivity index (χ3n) is 4.79. The van der Waals surface area contributed by atoms with Crippen molar-refractivity contribution < 1.29 is 14.3 Å². The molecule has 1 amide bonds. The number of nitrogens with one attached hydrogen (secondary N) is 1. The molecule has 3 aromatic carbocycles. The van der Waals surface area contributed by atoms with E-state index in [0.29, 0.717) is 23.4 Å². The van der Waals surface area contributed by atoms with E-state index in [1.807, 2.05) is 67.6 Å². The lowest BCUT2D eigenvalue weighted by Crippen LogP contribution is -2.24. The molecule has 1 unspecified atom stereocenters. The fourth-order valence-electron chi connectivity index (χ4n) is 3.26. The zero-order valence-electron chi connectivity index (χ0n) is 16.0. The number of ether oxygens (including phenoxy) is 1. The van der Waals surface area contributed by atoms with Crippen molar-refractivity contribution >= 4 is 12.2 Å². The Balaban J connectivity index is 1.96. The fraction of sp³-hybridized carbons (Fsp3) is 0.167. The standard InChI is InChI=1S/C24H23NO3/c1-17(20-11-7-4-8-12-20)21-13-19(16-26)14-22(23(21)28-2)24(27)25-15-18-9-5-3-6-10-18/h3-14,16-17H,15H2,1-2H3,(H,25,27). The summed E-state index contributed by atoms with van der Waals surface area (Å²) in [5.74, 6) is 0.190. The number of benzene rings is 3. The number of hydrogen-bond acceptors (Lipinski definition) is 3. The summed E-state index contributed by atoms with van der Waals surface area (Å²) >= 11 is 0. The molecule has 4 heteroatoms. The zero-order chi connectivity index (χ0) is 19.9. The molecule has 0 aliphatic rings. The average Bonchev–Trinajstić information content (AvgIpc) is 2.77. The molecule has 0 spiro atoms. The van der Waals surface area contributed by atoms with E-state index in [4.69, 9.17) is 4.74 Å². The first-order chi connectivity index (χ1) is 13.6. The number of hydrogen-bond donors (Lipinski definition) is 1. The van der Waals surface area contributed by atoms with Gasteiger partial charge in [-0.3, -0.25) is 9.59 Å². The highest BCUT2D eigenvalue weighted by molar-refractivity contribution is 5.99. The Morgan fingerprint density at radius 3 is 2.29 bits per heavy atom. The molecule has 0 bridgehead atoms. The molecule has 1 N–H and O–H groups in total. The first-order valence-electron chi connectivity index (χ1n) is 9.18. The van der Waals surface area contributed by atoms with E-state index in [1.165, 1.54) is 0 Å². The molecule has 0 aliphatic carbocycles. The molecule has 0 saturated heterocycles. The summed E-state index contributed by atoms with van der Waals surface area (Å²) in [5.41, 5.74) is 3.70. The van der Waals surface area contributed by atoms with E-state index >= 15 is 0 Å². The summed E-state index contributed by atoms with van der Waals surface area (Å²) in [6, 6.07) is 23.0. The van der Waals surface area contributed by atoms with Gasteiger partial charge in [-0.15, -0.1) is 0 Å². The maximum atomic E-state index is 12.9. The highest BCUT2D eigenvalue weighted by Crippen LogP contribution is 2.35. The number of carbonyl (C=O) groups is 2. The van der Waals surface area contributed by atoms with E-state index in [2.05, 4.69) is 5.32 Å². The molecule has 3 aromatic rings. The molecule has 0 aliphatic heterocycles. The molecule has 3 rings (SSSR count).